The van der Waals surface area contributed by atoms with Crippen LogP contribution in [0.5, 0.6) is 0 Å². The van der Waals surface area contributed by atoms with E-state index in [-0.39, 0.29) is 11.5 Å². The second kappa shape index (κ2) is 7.23. The maximum atomic E-state index is 12.3. The molecule has 0 N–H and O–H groups in total. The molecule has 0 saturated heterocycles. The largest absolute Gasteiger partial charge is 0.331 e. The van der Waals surface area contributed by atoms with Crippen LogP contribution in [-0.2, 0) is 16.1 Å². The smallest absolute Gasteiger partial charge is 0.318 e. The molecule has 0 radical (unpaired) electrons. The Balaban J connectivity index is 1.77. The quantitative estimate of drug-likeness (QED) is 0.594. The molecule has 2 aromatic carbocycles. The van der Waals surface area contributed by atoms with Crippen molar-refractivity contribution in [2.75, 3.05) is 0 Å². The van der Waals surface area contributed by atoms with Crippen LogP contribution in [-0.4, -0.2) is 17.5 Å². The van der Waals surface area contributed by atoms with Crippen LogP contribution in [0.2, 0.25) is 0 Å². The van der Waals surface area contributed by atoms with E-state index >= 15 is 0 Å². The summed E-state index contributed by atoms with van der Waals surface area (Å²) >= 11 is 1.66. The fourth-order valence-corrected chi connectivity index (χ4v) is 3.55. The Morgan fingerprint density at radius 1 is 1.12 bits per heavy atom. The molecule has 1 aliphatic carbocycles. The minimum Gasteiger partial charge on any atom is -0.318 e. The Hall–Kier alpha value is -2.40. The summed E-state index contributed by atoms with van der Waals surface area (Å²) in [5.74, 6) is -0.189. The molecule has 0 fully saturated rings. The summed E-state index contributed by atoms with van der Waals surface area (Å²) in [6, 6.07) is 14.3. The normalized spacial score (nSPS) is 14.9. The van der Waals surface area contributed by atoms with Crippen molar-refractivity contribution in [3.05, 3.63) is 59.2 Å². The number of hydrogen-bond acceptors (Lipinski definition) is 5. The molecule has 2 aromatic rings. The van der Waals surface area contributed by atoms with Gasteiger partial charge in [-0.25, -0.2) is 4.79 Å². The molecule has 0 unspecified atom stereocenters. The molecule has 128 valence electrons. The number of rotatable bonds is 4. The first-order valence-corrected chi connectivity index (χ1v) is 8.95. The Bertz CT molecular complexity index is 854. The third-order valence-electron chi connectivity index (χ3n) is 4.01. The predicted octanol–water partition coefficient (Wildman–Crippen LogP) is 4.62. The molecule has 0 aromatic heterocycles. The van der Waals surface area contributed by atoms with Gasteiger partial charge in [0.1, 0.15) is 5.71 Å². The van der Waals surface area contributed by atoms with Gasteiger partial charge in [-0.1, -0.05) is 42.9 Å². The van der Waals surface area contributed by atoms with Crippen molar-refractivity contribution in [3.63, 3.8) is 0 Å². The lowest BCUT2D eigenvalue weighted by Gasteiger charge is -2.07. The number of oxime groups is 1. The number of fused-ring (bicyclic) bond motifs is 1. The molecular weight excluding hydrogens is 334 g/mol. The monoisotopic (exact) mass is 353 g/mol. The second-order valence-electron chi connectivity index (χ2n) is 6.27. The van der Waals surface area contributed by atoms with Gasteiger partial charge in [0, 0.05) is 28.7 Å². The number of benzene rings is 2. The average Bonchev–Trinajstić information content (AvgIpc) is 2.89. The zero-order valence-corrected chi connectivity index (χ0v) is 15.2. The molecule has 0 spiro atoms. The zero-order chi connectivity index (χ0) is 18.0. The highest BCUT2D eigenvalue weighted by atomic mass is 32.2. The van der Waals surface area contributed by atoms with Gasteiger partial charge in [0.15, 0.2) is 0 Å². The predicted molar refractivity (Wildman–Crippen MR) is 98.3 cm³/mol. The highest BCUT2D eigenvalue weighted by Gasteiger charge is 2.27. The van der Waals surface area contributed by atoms with E-state index in [2.05, 4.69) is 48.1 Å². The first-order chi connectivity index (χ1) is 11.9. The summed E-state index contributed by atoms with van der Waals surface area (Å²) in [5.41, 5.74) is 3.13. The van der Waals surface area contributed by atoms with Crippen molar-refractivity contribution in [2.45, 2.75) is 42.9 Å². The number of carbonyl (C=O) groups excluding carboxylic acids is 2. The molecule has 4 nitrogen and oxygen atoms in total. The van der Waals surface area contributed by atoms with Crippen LogP contribution in [0.15, 0.2) is 57.4 Å². The number of carbonyl (C=O) groups is 2. The van der Waals surface area contributed by atoms with Crippen LogP contribution in [0, 0.1) is 0 Å². The van der Waals surface area contributed by atoms with E-state index in [4.69, 9.17) is 0 Å². The summed E-state index contributed by atoms with van der Waals surface area (Å²) in [7, 11) is 0. The molecule has 0 aliphatic heterocycles. The highest BCUT2D eigenvalue weighted by Crippen LogP contribution is 2.32. The lowest BCUT2D eigenvalue weighted by Crippen LogP contribution is -2.09. The minimum absolute atomic E-state index is 0.172. The van der Waals surface area contributed by atoms with Crippen molar-refractivity contribution >= 4 is 29.2 Å². The highest BCUT2D eigenvalue weighted by molar-refractivity contribution is 7.99. The summed E-state index contributed by atoms with van der Waals surface area (Å²) in [4.78, 5) is 29.9. The SMILES string of the molecule is CC(=O)O/N=C1\Cc2cc(Sc3ccc(C(C)C)cc3)ccc2C1=O. The van der Waals surface area contributed by atoms with E-state index in [9.17, 15) is 9.59 Å². The second-order valence-corrected chi connectivity index (χ2v) is 7.42. The fraction of sp³-hybridized carbons (Fsp3) is 0.250. The van der Waals surface area contributed by atoms with Gasteiger partial charge < -0.3 is 4.84 Å². The van der Waals surface area contributed by atoms with Crippen molar-refractivity contribution in [3.8, 4) is 0 Å². The Morgan fingerprint density at radius 2 is 1.80 bits per heavy atom. The molecule has 0 amide bonds. The van der Waals surface area contributed by atoms with Gasteiger partial charge in [-0.2, -0.15) is 0 Å². The van der Waals surface area contributed by atoms with Gasteiger partial charge in [0.05, 0.1) is 0 Å². The van der Waals surface area contributed by atoms with Crippen molar-refractivity contribution < 1.29 is 14.4 Å². The van der Waals surface area contributed by atoms with Crippen LogP contribution in [0.4, 0.5) is 0 Å². The molecule has 0 bridgehead atoms. The van der Waals surface area contributed by atoms with Gasteiger partial charge in [0.25, 0.3) is 0 Å². The first kappa shape index (κ1) is 17.4. The summed E-state index contributed by atoms with van der Waals surface area (Å²) in [6.45, 7) is 5.61. The maximum absolute atomic E-state index is 12.3. The van der Waals surface area contributed by atoms with Crippen LogP contribution in [0.3, 0.4) is 0 Å². The topological polar surface area (TPSA) is 55.7 Å². The van der Waals surface area contributed by atoms with Gasteiger partial charge >= 0.3 is 5.97 Å². The minimum atomic E-state index is -0.530. The maximum Gasteiger partial charge on any atom is 0.331 e. The van der Waals surface area contributed by atoms with E-state index in [1.54, 1.807) is 11.8 Å². The molecule has 5 heteroatoms. The third kappa shape index (κ3) is 3.99. The Morgan fingerprint density at radius 3 is 2.44 bits per heavy atom. The van der Waals surface area contributed by atoms with Crippen LogP contribution in [0.25, 0.3) is 0 Å². The van der Waals surface area contributed by atoms with E-state index in [1.807, 2.05) is 18.2 Å². The summed E-state index contributed by atoms with van der Waals surface area (Å²) < 4.78 is 0. The third-order valence-corrected chi connectivity index (χ3v) is 5.01. The number of nitrogens with zero attached hydrogens (tertiary/aromatic N) is 1. The van der Waals surface area contributed by atoms with Gasteiger partial charge in [-0.3, -0.25) is 4.79 Å². The molecular formula is C20H19NO3S. The molecule has 3 rings (SSSR count). The van der Waals surface area contributed by atoms with Crippen LogP contribution >= 0.6 is 11.8 Å². The van der Waals surface area contributed by atoms with E-state index < -0.39 is 5.97 Å². The van der Waals surface area contributed by atoms with Crippen molar-refractivity contribution in [2.24, 2.45) is 5.16 Å². The van der Waals surface area contributed by atoms with Gasteiger partial charge in [-0.15, -0.1) is 0 Å². The number of Topliss-reactive ketones (excluding diaryl/α,β-unsaturated/α-hetero) is 1. The summed E-state index contributed by atoms with van der Waals surface area (Å²) in [6.07, 6.45) is 0.391. The molecule has 25 heavy (non-hydrogen) atoms. The van der Waals surface area contributed by atoms with E-state index in [1.165, 1.54) is 12.5 Å². The van der Waals surface area contributed by atoms with Crippen molar-refractivity contribution in [1.82, 2.24) is 0 Å². The molecule has 0 saturated carbocycles. The fourth-order valence-electron chi connectivity index (χ4n) is 2.67. The zero-order valence-electron chi connectivity index (χ0n) is 14.4. The molecule has 1 aliphatic rings. The molecule has 0 heterocycles. The van der Waals surface area contributed by atoms with E-state index in [0.29, 0.717) is 17.9 Å². The van der Waals surface area contributed by atoms with Crippen LogP contribution in [0.1, 0.15) is 48.2 Å². The standard InChI is InChI=1S/C20H19NO3S/c1-12(2)14-4-6-16(7-5-14)25-17-8-9-18-15(10-17)11-19(20(18)23)21-24-13(3)22/h4-10,12H,11H2,1-3H3/b21-19+. The Kier molecular flexibility index (Phi) is 5.04. The number of ketones is 1. The van der Waals surface area contributed by atoms with Gasteiger partial charge in [0.2, 0.25) is 5.78 Å². The number of hydrogen-bond donors (Lipinski definition) is 0. The van der Waals surface area contributed by atoms with Crippen LogP contribution < -0.4 is 0 Å². The average molecular weight is 353 g/mol. The lowest BCUT2D eigenvalue weighted by atomic mass is 10.0. The van der Waals surface area contributed by atoms with E-state index in [0.717, 1.165) is 15.4 Å². The van der Waals surface area contributed by atoms with Crippen molar-refractivity contribution in [1.29, 1.82) is 0 Å². The lowest BCUT2D eigenvalue weighted by molar-refractivity contribution is -0.140. The Labute approximate surface area is 151 Å². The molecule has 0 atom stereocenters. The van der Waals surface area contributed by atoms with Gasteiger partial charge in [-0.05, 0) is 47.4 Å². The summed E-state index contributed by atoms with van der Waals surface area (Å²) in [5, 5.41) is 3.67. The first-order valence-electron chi connectivity index (χ1n) is 8.14.